The maximum Gasteiger partial charge on any atom is 0.146 e. The number of aliphatic hydroxyl groups is 1. The van der Waals surface area contributed by atoms with Crippen LogP contribution in [0.3, 0.4) is 0 Å². The molecule has 3 heteroatoms. The molecule has 1 aliphatic rings. The predicted octanol–water partition coefficient (Wildman–Crippen LogP) is 3.09. The van der Waals surface area contributed by atoms with Crippen molar-refractivity contribution < 1.29 is 9.50 Å². The molecule has 0 spiro atoms. The molecule has 2 atom stereocenters. The molecule has 0 aromatic heterocycles. The van der Waals surface area contributed by atoms with Crippen LogP contribution in [0.5, 0.6) is 0 Å². The Balaban J connectivity index is 2.31. The van der Waals surface area contributed by atoms with Crippen molar-refractivity contribution in [1.29, 1.82) is 0 Å². The topological polar surface area (TPSA) is 23.5 Å². The van der Waals surface area contributed by atoms with Crippen LogP contribution in [0.1, 0.15) is 38.7 Å². The molecule has 1 aromatic carbocycles. The highest BCUT2D eigenvalue weighted by Crippen LogP contribution is 2.31. The Morgan fingerprint density at radius 2 is 1.94 bits per heavy atom. The first kappa shape index (κ1) is 12.4. The van der Waals surface area contributed by atoms with Gasteiger partial charge in [-0.1, -0.05) is 6.07 Å². The van der Waals surface area contributed by atoms with E-state index in [1.54, 1.807) is 12.1 Å². The van der Waals surface area contributed by atoms with Gasteiger partial charge in [-0.05, 0) is 50.8 Å². The number of anilines is 1. The maximum atomic E-state index is 14.0. The second-order valence-corrected chi connectivity index (χ2v) is 4.98. The quantitative estimate of drug-likeness (QED) is 0.854. The van der Waals surface area contributed by atoms with Gasteiger partial charge in [-0.3, -0.25) is 0 Å². The summed E-state index contributed by atoms with van der Waals surface area (Å²) in [5.74, 6) is -0.225. The standard InChI is InChI=1S/C14H20FNO/c1-10-4-3-5-11(2)16(10)14-7-6-12(9-17)8-13(14)15/h6-8,10-11,17H,3-5,9H2,1-2H3. The summed E-state index contributed by atoms with van der Waals surface area (Å²) in [6.07, 6.45) is 3.45. The normalized spacial score (nSPS) is 25.1. The summed E-state index contributed by atoms with van der Waals surface area (Å²) in [6, 6.07) is 5.79. The molecule has 2 nitrogen and oxygen atoms in total. The molecule has 1 saturated heterocycles. The lowest BCUT2D eigenvalue weighted by atomic mass is 9.96. The first-order chi connectivity index (χ1) is 8.13. The van der Waals surface area contributed by atoms with Crippen LogP contribution >= 0.6 is 0 Å². The van der Waals surface area contributed by atoms with E-state index in [2.05, 4.69) is 18.7 Å². The lowest BCUT2D eigenvalue weighted by Crippen LogP contribution is -2.44. The molecule has 0 radical (unpaired) electrons. The summed E-state index contributed by atoms with van der Waals surface area (Å²) in [5.41, 5.74) is 1.30. The molecular formula is C14H20FNO. The third-order valence-electron chi connectivity index (χ3n) is 3.67. The Morgan fingerprint density at radius 3 is 2.47 bits per heavy atom. The molecule has 1 N–H and O–H groups in total. The molecule has 0 aliphatic carbocycles. The van der Waals surface area contributed by atoms with E-state index >= 15 is 0 Å². The van der Waals surface area contributed by atoms with E-state index in [0.717, 1.165) is 12.8 Å². The maximum absolute atomic E-state index is 14.0. The van der Waals surface area contributed by atoms with Crippen molar-refractivity contribution >= 4 is 5.69 Å². The van der Waals surface area contributed by atoms with Gasteiger partial charge in [0, 0.05) is 12.1 Å². The van der Waals surface area contributed by atoms with Gasteiger partial charge < -0.3 is 10.0 Å². The second kappa shape index (κ2) is 5.05. The van der Waals surface area contributed by atoms with Crippen molar-refractivity contribution in [2.45, 2.75) is 51.8 Å². The number of piperidine rings is 1. The molecular weight excluding hydrogens is 217 g/mol. The van der Waals surface area contributed by atoms with Gasteiger partial charge >= 0.3 is 0 Å². The Bertz CT molecular complexity index is 384. The van der Waals surface area contributed by atoms with Crippen molar-refractivity contribution in [3.8, 4) is 0 Å². The summed E-state index contributed by atoms with van der Waals surface area (Å²) in [5, 5.41) is 8.99. The third-order valence-corrected chi connectivity index (χ3v) is 3.67. The highest BCUT2D eigenvalue weighted by molar-refractivity contribution is 5.51. The molecule has 1 aliphatic heterocycles. The van der Waals surface area contributed by atoms with Crippen LogP contribution in [0.2, 0.25) is 0 Å². The average Bonchev–Trinajstić information content (AvgIpc) is 2.30. The number of nitrogens with zero attached hydrogens (tertiary/aromatic N) is 1. The first-order valence-electron chi connectivity index (χ1n) is 6.31. The van der Waals surface area contributed by atoms with E-state index in [-0.39, 0.29) is 12.4 Å². The van der Waals surface area contributed by atoms with Gasteiger partial charge in [0.15, 0.2) is 0 Å². The monoisotopic (exact) mass is 237 g/mol. The van der Waals surface area contributed by atoms with Gasteiger partial charge in [-0.15, -0.1) is 0 Å². The molecule has 0 saturated carbocycles. The van der Waals surface area contributed by atoms with Gasteiger partial charge in [0.2, 0.25) is 0 Å². The molecule has 1 fully saturated rings. The summed E-state index contributed by atoms with van der Waals surface area (Å²) in [4.78, 5) is 2.17. The van der Waals surface area contributed by atoms with Crippen LogP contribution in [0.4, 0.5) is 10.1 Å². The lowest BCUT2D eigenvalue weighted by Gasteiger charge is -2.41. The van der Waals surface area contributed by atoms with Crippen molar-refractivity contribution in [1.82, 2.24) is 0 Å². The SMILES string of the molecule is CC1CCCC(C)N1c1ccc(CO)cc1F. The van der Waals surface area contributed by atoms with E-state index in [4.69, 9.17) is 5.11 Å². The van der Waals surface area contributed by atoms with Gasteiger partial charge in [0.1, 0.15) is 5.82 Å². The summed E-state index contributed by atoms with van der Waals surface area (Å²) in [7, 11) is 0. The minimum absolute atomic E-state index is 0.109. The van der Waals surface area contributed by atoms with Crippen LogP contribution in [-0.4, -0.2) is 17.2 Å². The van der Waals surface area contributed by atoms with E-state index in [0.29, 0.717) is 23.3 Å². The fourth-order valence-corrected chi connectivity index (χ4v) is 2.75. The highest BCUT2D eigenvalue weighted by Gasteiger charge is 2.26. The summed E-state index contributed by atoms with van der Waals surface area (Å²) in [6.45, 7) is 4.19. The molecule has 2 rings (SSSR count). The summed E-state index contributed by atoms with van der Waals surface area (Å²) < 4.78 is 14.0. The number of benzene rings is 1. The number of aliphatic hydroxyl groups excluding tert-OH is 1. The zero-order valence-corrected chi connectivity index (χ0v) is 10.5. The zero-order valence-electron chi connectivity index (χ0n) is 10.5. The first-order valence-corrected chi connectivity index (χ1v) is 6.31. The molecule has 0 amide bonds. The van der Waals surface area contributed by atoms with Gasteiger partial charge in [-0.25, -0.2) is 4.39 Å². The van der Waals surface area contributed by atoms with Gasteiger partial charge in [-0.2, -0.15) is 0 Å². The summed E-state index contributed by atoms with van der Waals surface area (Å²) >= 11 is 0. The van der Waals surface area contributed by atoms with Crippen molar-refractivity contribution in [2.24, 2.45) is 0 Å². The highest BCUT2D eigenvalue weighted by atomic mass is 19.1. The zero-order chi connectivity index (χ0) is 12.4. The van der Waals surface area contributed by atoms with E-state index in [9.17, 15) is 4.39 Å². The fraction of sp³-hybridized carbons (Fsp3) is 0.571. The van der Waals surface area contributed by atoms with Gasteiger partial charge in [0.25, 0.3) is 0 Å². The molecule has 17 heavy (non-hydrogen) atoms. The van der Waals surface area contributed by atoms with Crippen molar-refractivity contribution in [2.75, 3.05) is 4.90 Å². The number of halogens is 1. The van der Waals surface area contributed by atoms with Crippen LogP contribution in [-0.2, 0) is 6.61 Å². The predicted molar refractivity (Wildman–Crippen MR) is 67.6 cm³/mol. The van der Waals surface area contributed by atoms with Crippen LogP contribution < -0.4 is 4.90 Å². The number of rotatable bonds is 2. The van der Waals surface area contributed by atoms with Crippen LogP contribution in [0, 0.1) is 5.82 Å². The largest absolute Gasteiger partial charge is 0.392 e. The second-order valence-electron chi connectivity index (χ2n) is 4.98. The minimum Gasteiger partial charge on any atom is -0.392 e. The molecule has 1 aromatic rings. The Labute approximate surface area is 102 Å². The van der Waals surface area contributed by atoms with E-state index in [1.807, 2.05) is 0 Å². The Morgan fingerprint density at radius 1 is 1.29 bits per heavy atom. The van der Waals surface area contributed by atoms with Crippen molar-refractivity contribution in [3.63, 3.8) is 0 Å². The minimum atomic E-state index is -0.225. The smallest absolute Gasteiger partial charge is 0.146 e. The van der Waals surface area contributed by atoms with Crippen LogP contribution in [0.15, 0.2) is 18.2 Å². The van der Waals surface area contributed by atoms with Gasteiger partial charge in [0.05, 0.1) is 12.3 Å². The van der Waals surface area contributed by atoms with Crippen LogP contribution in [0.25, 0.3) is 0 Å². The van der Waals surface area contributed by atoms with E-state index < -0.39 is 0 Å². The van der Waals surface area contributed by atoms with Crippen molar-refractivity contribution in [3.05, 3.63) is 29.6 Å². The molecule has 0 bridgehead atoms. The Kier molecular flexibility index (Phi) is 3.67. The van der Waals surface area contributed by atoms with E-state index in [1.165, 1.54) is 12.5 Å². The number of hydrogen-bond acceptors (Lipinski definition) is 2. The number of hydrogen-bond donors (Lipinski definition) is 1. The molecule has 94 valence electrons. The fourth-order valence-electron chi connectivity index (χ4n) is 2.75. The molecule has 2 unspecified atom stereocenters. The lowest BCUT2D eigenvalue weighted by molar-refractivity contribution is 0.281. The third kappa shape index (κ3) is 2.44. The Hall–Kier alpha value is -1.09. The molecule has 1 heterocycles. The average molecular weight is 237 g/mol.